The first kappa shape index (κ1) is 22.6. The zero-order chi connectivity index (χ0) is 9.28. The van der Waals surface area contributed by atoms with Gasteiger partial charge in [-0.15, -0.1) is 0 Å². The molecule has 0 aliphatic heterocycles. The Balaban J connectivity index is -0.0000000600. The second-order valence-electron chi connectivity index (χ2n) is 1.94. The molecule has 0 bridgehead atoms. The maximum Gasteiger partial charge on any atom is 0.310 e. The minimum Gasteiger partial charge on any atom is -0.481 e. The number of carboxylic acids is 1. The molecular formula is C10H22O3. The van der Waals surface area contributed by atoms with Gasteiger partial charge in [0.2, 0.25) is 0 Å². The largest absolute Gasteiger partial charge is 0.481 e. The number of hydrogen-bond donors (Lipinski definition) is 1. The van der Waals surface area contributed by atoms with Gasteiger partial charge >= 0.3 is 5.97 Å². The van der Waals surface area contributed by atoms with Crippen LogP contribution in [0.4, 0.5) is 0 Å². The Kier molecular flexibility index (Phi) is 29.8. The van der Waals surface area contributed by atoms with Crippen molar-refractivity contribution in [3.05, 3.63) is 12.2 Å². The standard InChI is InChI=1S/C4H6O3.C4H8.2CH4/c1-3(5)2-4(6)7;1-3-4-2;;/h2H2,1H3,(H,6,7);3-4H,1-2H3;2*1H4. The van der Waals surface area contributed by atoms with Gasteiger partial charge in [0.05, 0.1) is 0 Å². The van der Waals surface area contributed by atoms with Crippen molar-refractivity contribution in [3.63, 3.8) is 0 Å². The molecular weight excluding hydrogens is 168 g/mol. The number of aliphatic carboxylic acids is 1. The Bertz CT molecular complexity index is 132. The normalized spacial score (nSPS) is 7.31. The number of carbonyl (C=O) groups excluding carboxylic acids is 1. The van der Waals surface area contributed by atoms with E-state index in [2.05, 4.69) is 0 Å². The lowest BCUT2D eigenvalue weighted by Gasteiger charge is -1.80. The van der Waals surface area contributed by atoms with E-state index in [1.165, 1.54) is 6.92 Å². The van der Waals surface area contributed by atoms with E-state index in [9.17, 15) is 9.59 Å². The summed E-state index contributed by atoms with van der Waals surface area (Å²) >= 11 is 0. The first-order valence-corrected chi connectivity index (χ1v) is 3.33. The lowest BCUT2D eigenvalue weighted by Crippen LogP contribution is -2.00. The number of Topliss-reactive ketones (excluding diaryl/α,β-unsaturated/α-hetero) is 1. The molecule has 0 fully saturated rings. The summed E-state index contributed by atoms with van der Waals surface area (Å²) in [6.45, 7) is 5.24. The number of ketones is 1. The maximum atomic E-state index is 9.87. The third-order valence-corrected chi connectivity index (χ3v) is 0.734. The lowest BCUT2D eigenvalue weighted by molar-refractivity contribution is -0.139. The van der Waals surface area contributed by atoms with Crippen LogP contribution in [0.25, 0.3) is 0 Å². The predicted molar refractivity (Wildman–Crippen MR) is 56.9 cm³/mol. The Morgan fingerprint density at radius 2 is 1.46 bits per heavy atom. The second kappa shape index (κ2) is 17.1. The van der Waals surface area contributed by atoms with Gasteiger partial charge in [0.15, 0.2) is 0 Å². The molecule has 80 valence electrons. The van der Waals surface area contributed by atoms with Gasteiger partial charge in [-0.3, -0.25) is 9.59 Å². The van der Waals surface area contributed by atoms with Gasteiger partial charge in [-0.1, -0.05) is 27.0 Å². The molecule has 0 aliphatic rings. The van der Waals surface area contributed by atoms with E-state index in [0.29, 0.717) is 0 Å². The highest BCUT2D eigenvalue weighted by Gasteiger charge is 1.98. The van der Waals surface area contributed by atoms with Gasteiger partial charge in [-0.05, 0) is 20.8 Å². The van der Waals surface area contributed by atoms with Crippen LogP contribution in [-0.4, -0.2) is 16.9 Å². The Morgan fingerprint density at radius 1 is 1.15 bits per heavy atom. The van der Waals surface area contributed by atoms with E-state index < -0.39 is 5.97 Å². The average molecular weight is 190 g/mol. The van der Waals surface area contributed by atoms with Crippen molar-refractivity contribution in [2.24, 2.45) is 0 Å². The van der Waals surface area contributed by atoms with Crippen LogP contribution in [-0.2, 0) is 9.59 Å². The van der Waals surface area contributed by atoms with Crippen LogP contribution in [0.15, 0.2) is 12.2 Å². The van der Waals surface area contributed by atoms with Gasteiger partial charge in [-0.2, -0.15) is 0 Å². The molecule has 0 aliphatic carbocycles. The zero-order valence-corrected chi connectivity index (χ0v) is 7.13. The Morgan fingerprint density at radius 3 is 1.46 bits per heavy atom. The van der Waals surface area contributed by atoms with Crippen molar-refractivity contribution in [1.82, 2.24) is 0 Å². The molecule has 0 unspecified atom stereocenters. The lowest BCUT2D eigenvalue weighted by atomic mass is 10.3. The van der Waals surface area contributed by atoms with Gasteiger partial charge in [0.25, 0.3) is 0 Å². The summed E-state index contributed by atoms with van der Waals surface area (Å²) < 4.78 is 0. The molecule has 1 N–H and O–H groups in total. The van der Waals surface area contributed by atoms with E-state index in [1.54, 1.807) is 0 Å². The summed E-state index contributed by atoms with van der Waals surface area (Å²) in [7, 11) is 0. The van der Waals surface area contributed by atoms with E-state index in [0.717, 1.165) is 0 Å². The van der Waals surface area contributed by atoms with Crippen LogP contribution in [0.5, 0.6) is 0 Å². The molecule has 0 atom stereocenters. The van der Waals surface area contributed by atoms with Gasteiger partial charge in [-0.25, -0.2) is 0 Å². The topological polar surface area (TPSA) is 54.4 Å². The van der Waals surface area contributed by atoms with Crippen LogP contribution in [0, 0.1) is 0 Å². The number of hydrogen-bond acceptors (Lipinski definition) is 2. The minimum absolute atomic E-state index is 0. The zero-order valence-electron chi connectivity index (χ0n) is 7.13. The highest BCUT2D eigenvalue weighted by molar-refractivity contribution is 5.93. The summed E-state index contributed by atoms with van der Waals surface area (Å²) in [5.41, 5.74) is 0. The van der Waals surface area contributed by atoms with Gasteiger partial charge in [0.1, 0.15) is 12.2 Å². The summed E-state index contributed by atoms with van der Waals surface area (Å²) in [4.78, 5) is 19.5. The van der Waals surface area contributed by atoms with E-state index in [4.69, 9.17) is 5.11 Å². The van der Waals surface area contributed by atoms with Crippen molar-refractivity contribution in [2.45, 2.75) is 42.0 Å². The van der Waals surface area contributed by atoms with Crippen LogP contribution in [0.3, 0.4) is 0 Å². The quantitative estimate of drug-likeness (QED) is 0.538. The Labute approximate surface area is 81.5 Å². The van der Waals surface area contributed by atoms with Crippen LogP contribution >= 0.6 is 0 Å². The molecule has 0 radical (unpaired) electrons. The predicted octanol–water partition coefficient (Wildman–Crippen LogP) is 2.90. The highest BCUT2D eigenvalue weighted by atomic mass is 16.4. The average Bonchev–Trinajstić information content (AvgIpc) is 1.85. The molecule has 0 heterocycles. The fourth-order valence-electron chi connectivity index (χ4n) is 0.213. The first-order chi connectivity index (χ1) is 5.04. The van der Waals surface area contributed by atoms with Gasteiger partial charge < -0.3 is 5.11 Å². The molecule has 0 amide bonds. The molecule has 3 nitrogen and oxygen atoms in total. The monoisotopic (exact) mass is 190 g/mol. The van der Waals surface area contributed by atoms with E-state index in [1.807, 2.05) is 26.0 Å². The first-order valence-electron chi connectivity index (χ1n) is 3.33. The third kappa shape index (κ3) is 57.0. The van der Waals surface area contributed by atoms with E-state index in [-0.39, 0.29) is 27.1 Å². The molecule has 0 aromatic rings. The van der Waals surface area contributed by atoms with Crippen molar-refractivity contribution in [1.29, 1.82) is 0 Å². The number of carbonyl (C=O) groups is 2. The molecule has 0 aromatic heterocycles. The van der Waals surface area contributed by atoms with E-state index >= 15 is 0 Å². The SMILES string of the molecule is C.C.CC(=O)CC(=O)O.CC=CC. The maximum absolute atomic E-state index is 9.87. The third-order valence-electron chi connectivity index (χ3n) is 0.734. The minimum atomic E-state index is -1.06. The molecule has 0 rings (SSSR count). The summed E-state index contributed by atoms with van der Waals surface area (Å²) in [6.07, 6.45) is 3.64. The fourth-order valence-corrected chi connectivity index (χ4v) is 0.213. The Hall–Kier alpha value is -1.12. The summed E-state index contributed by atoms with van der Waals surface area (Å²) in [6, 6.07) is 0. The van der Waals surface area contributed by atoms with Crippen molar-refractivity contribution in [2.75, 3.05) is 0 Å². The van der Waals surface area contributed by atoms with Crippen molar-refractivity contribution < 1.29 is 14.7 Å². The smallest absolute Gasteiger partial charge is 0.310 e. The molecule has 0 aromatic carbocycles. The number of carboxylic acid groups (broad SMARTS) is 1. The fraction of sp³-hybridized carbons (Fsp3) is 0.600. The molecule has 0 saturated carbocycles. The van der Waals surface area contributed by atoms with Crippen molar-refractivity contribution >= 4 is 11.8 Å². The number of rotatable bonds is 2. The summed E-state index contributed by atoms with van der Waals surface area (Å²) in [5, 5.41) is 7.86. The molecule has 13 heavy (non-hydrogen) atoms. The molecule has 0 saturated heterocycles. The van der Waals surface area contributed by atoms with Crippen LogP contribution in [0.2, 0.25) is 0 Å². The molecule has 0 spiro atoms. The highest BCUT2D eigenvalue weighted by Crippen LogP contribution is 1.77. The summed E-state index contributed by atoms with van der Waals surface area (Å²) in [5.74, 6) is -1.37. The van der Waals surface area contributed by atoms with Crippen LogP contribution in [0.1, 0.15) is 42.0 Å². The second-order valence-corrected chi connectivity index (χ2v) is 1.94. The molecule has 3 heteroatoms. The van der Waals surface area contributed by atoms with Crippen molar-refractivity contribution in [3.8, 4) is 0 Å². The van der Waals surface area contributed by atoms with Crippen LogP contribution < -0.4 is 0 Å². The number of allylic oxidation sites excluding steroid dienone is 2. The van der Waals surface area contributed by atoms with Gasteiger partial charge in [0, 0.05) is 0 Å².